The first kappa shape index (κ1) is 17.7. The van der Waals surface area contributed by atoms with E-state index in [9.17, 15) is 4.79 Å². The van der Waals surface area contributed by atoms with Crippen LogP contribution in [0.25, 0.3) is 10.8 Å². The maximum atomic E-state index is 12.6. The van der Waals surface area contributed by atoms with Crippen molar-refractivity contribution in [2.75, 3.05) is 18.8 Å². The molecule has 0 bridgehead atoms. The highest BCUT2D eigenvalue weighted by molar-refractivity contribution is 8.00. The standard InChI is InChI=1S/C18H25N3OS/c1-13(2)10-21(11-14(3)4)17(22)12-23-18-16-8-6-5-7-15(16)9-19-20-18/h5-9,13-14H,10-12H2,1-4H3. The molecule has 0 unspecified atom stereocenters. The Morgan fingerprint density at radius 1 is 1.13 bits per heavy atom. The highest BCUT2D eigenvalue weighted by Gasteiger charge is 2.17. The smallest absolute Gasteiger partial charge is 0.233 e. The van der Waals surface area contributed by atoms with Gasteiger partial charge in [-0.15, -0.1) is 5.10 Å². The molecule has 0 aliphatic heterocycles. The van der Waals surface area contributed by atoms with E-state index in [-0.39, 0.29) is 5.91 Å². The van der Waals surface area contributed by atoms with Crippen molar-refractivity contribution < 1.29 is 4.79 Å². The van der Waals surface area contributed by atoms with E-state index < -0.39 is 0 Å². The van der Waals surface area contributed by atoms with Gasteiger partial charge in [0.25, 0.3) is 0 Å². The number of carbonyl (C=O) groups is 1. The number of fused-ring (bicyclic) bond motifs is 1. The Kier molecular flexibility index (Phi) is 6.39. The van der Waals surface area contributed by atoms with E-state index in [1.807, 2.05) is 29.2 Å². The number of carbonyl (C=O) groups excluding carboxylic acids is 1. The Morgan fingerprint density at radius 3 is 2.43 bits per heavy atom. The van der Waals surface area contributed by atoms with Gasteiger partial charge in [0.05, 0.1) is 11.9 Å². The van der Waals surface area contributed by atoms with Gasteiger partial charge in [-0.25, -0.2) is 0 Å². The second kappa shape index (κ2) is 8.29. The van der Waals surface area contributed by atoms with Crippen molar-refractivity contribution in [2.45, 2.75) is 32.7 Å². The van der Waals surface area contributed by atoms with Gasteiger partial charge in [0.1, 0.15) is 5.03 Å². The van der Waals surface area contributed by atoms with Crippen LogP contribution in [-0.2, 0) is 4.79 Å². The van der Waals surface area contributed by atoms with E-state index in [2.05, 4.69) is 37.9 Å². The van der Waals surface area contributed by atoms with Crippen molar-refractivity contribution in [3.8, 4) is 0 Å². The third kappa shape index (κ3) is 5.20. The van der Waals surface area contributed by atoms with E-state index in [0.717, 1.165) is 28.9 Å². The lowest BCUT2D eigenvalue weighted by Gasteiger charge is -2.26. The number of aromatic nitrogens is 2. The SMILES string of the molecule is CC(C)CN(CC(C)C)C(=O)CSc1nncc2ccccc12. The summed E-state index contributed by atoms with van der Waals surface area (Å²) in [6, 6.07) is 8.01. The zero-order valence-electron chi connectivity index (χ0n) is 14.3. The Morgan fingerprint density at radius 2 is 1.78 bits per heavy atom. The van der Waals surface area contributed by atoms with Gasteiger partial charge in [0.2, 0.25) is 5.91 Å². The fourth-order valence-corrected chi connectivity index (χ4v) is 3.38. The third-order valence-electron chi connectivity index (χ3n) is 3.39. The predicted molar refractivity (Wildman–Crippen MR) is 96.5 cm³/mol. The molecule has 1 heterocycles. The number of amides is 1. The summed E-state index contributed by atoms with van der Waals surface area (Å²) in [5, 5.41) is 11.2. The van der Waals surface area contributed by atoms with Crippen LogP contribution >= 0.6 is 11.8 Å². The second-order valence-electron chi connectivity index (χ2n) is 6.61. The maximum absolute atomic E-state index is 12.6. The molecule has 0 saturated carbocycles. The third-order valence-corrected chi connectivity index (χ3v) is 4.36. The fourth-order valence-electron chi connectivity index (χ4n) is 2.49. The van der Waals surface area contributed by atoms with Crippen LogP contribution in [0.15, 0.2) is 35.5 Å². The van der Waals surface area contributed by atoms with Gasteiger partial charge in [-0.2, -0.15) is 5.10 Å². The molecule has 5 heteroatoms. The molecule has 23 heavy (non-hydrogen) atoms. The van der Waals surface area contributed by atoms with Gasteiger partial charge in [-0.05, 0) is 11.8 Å². The van der Waals surface area contributed by atoms with Crippen LogP contribution in [-0.4, -0.2) is 39.8 Å². The summed E-state index contributed by atoms with van der Waals surface area (Å²) in [4.78, 5) is 14.6. The first-order valence-electron chi connectivity index (χ1n) is 8.08. The van der Waals surface area contributed by atoms with Crippen LogP contribution in [0.4, 0.5) is 0 Å². The summed E-state index contributed by atoms with van der Waals surface area (Å²) in [6.45, 7) is 10.2. The summed E-state index contributed by atoms with van der Waals surface area (Å²) in [5.74, 6) is 1.52. The molecule has 0 aliphatic rings. The van der Waals surface area contributed by atoms with Crippen molar-refractivity contribution in [2.24, 2.45) is 11.8 Å². The minimum atomic E-state index is 0.173. The van der Waals surface area contributed by atoms with Crippen molar-refractivity contribution in [3.63, 3.8) is 0 Å². The topological polar surface area (TPSA) is 46.1 Å². The van der Waals surface area contributed by atoms with Crippen molar-refractivity contribution in [1.82, 2.24) is 15.1 Å². The first-order chi connectivity index (χ1) is 11.0. The summed E-state index contributed by atoms with van der Waals surface area (Å²) in [5.41, 5.74) is 0. The zero-order chi connectivity index (χ0) is 16.8. The molecular formula is C18H25N3OS. The average Bonchev–Trinajstić information content (AvgIpc) is 2.51. The summed E-state index contributed by atoms with van der Waals surface area (Å²) in [6.07, 6.45) is 1.76. The molecule has 4 nitrogen and oxygen atoms in total. The van der Waals surface area contributed by atoms with E-state index in [1.165, 1.54) is 11.8 Å². The van der Waals surface area contributed by atoms with Crippen molar-refractivity contribution in [1.29, 1.82) is 0 Å². The molecule has 0 N–H and O–H groups in total. The van der Waals surface area contributed by atoms with Gasteiger partial charge in [0.15, 0.2) is 0 Å². The molecule has 0 saturated heterocycles. The van der Waals surface area contributed by atoms with Crippen LogP contribution in [0.1, 0.15) is 27.7 Å². The zero-order valence-corrected chi connectivity index (χ0v) is 15.1. The minimum absolute atomic E-state index is 0.173. The quantitative estimate of drug-likeness (QED) is 0.723. The molecule has 0 spiro atoms. The number of hydrogen-bond donors (Lipinski definition) is 0. The molecule has 1 aromatic heterocycles. The second-order valence-corrected chi connectivity index (χ2v) is 7.58. The molecule has 0 aliphatic carbocycles. The van der Waals surface area contributed by atoms with E-state index in [0.29, 0.717) is 17.6 Å². The predicted octanol–water partition coefficient (Wildman–Crippen LogP) is 3.86. The first-order valence-corrected chi connectivity index (χ1v) is 9.07. The number of rotatable bonds is 7. The number of benzene rings is 1. The van der Waals surface area contributed by atoms with Crippen LogP contribution in [0.2, 0.25) is 0 Å². The highest BCUT2D eigenvalue weighted by Crippen LogP contribution is 2.25. The molecular weight excluding hydrogens is 306 g/mol. The lowest BCUT2D eigenvalue weighted by atomic mass is 10.1. The Hall–Kier alpha value is -1.62. The summed E-state index contributed by atoms with van der Waals surface area (Å²) >= 11 is 1.48. The maximum Gasteiger partial charge on any atom is 0.233 e. The van der Waals surface area contributed by atoms with Crippen LogP contribution in [0, 0.1) is 11.8 Å². The average molecular weight is 331 g/mol. The van der Waals surface area contributed by atoms with Crippen LogP contribution in [0.3, 0.4) is 0 Å². The molecule has 0 radical (unpaired) electrons. The number of hydrogen-bond acceptors (Lipinski definition) is 4. The van der Waals surface area contributed by atoms with Gasteiger partial charge in [-0.1, -0.05) is 63.7 Å². The Balaban J connectivity index is 2.06. The van der Waals surface area contributed by atoms with Gasteiger partial charge in [-0.3, -0.25) is 4.79 Å². The molecule has 2 aromatic rings. The van der Waals surface area contributed by atoms with E-state index in [4.69, 9.17) is 0 Å². The van der Waals surface area contributed by atoms with E-state index in [1.54, 1.807) is 6.20 Å². The van der Waals surface area contributed by atoms with Crippen LogP contribution < -0.4 is 0 Å². The largest absolute Gasteiger partial charge is 0.341 e. The fraction of sp³-hybridized carbons (Fsp3) is 0.500. The lowest BCUT2D eigenvalue weighted by molar-refractivity contribution is -0.129. The molecule has 1 amide bonds. The Bertz CT molecular complexity index is 642. The highest BCUT2D eigenvalue weighted by atomic mass is 32.2. The monoisotopic (exact) mass is 331 g/mol. The Labute approximate surface area is 142 Å². The van der Waals surface area contributed by atoms with E-state index >= 15 is 0 Å². The molecule has 2 rings (SSSR count). The van der Waals surface area contributed by atoms with Gasteiger partial charge in [0, 0.05) is 23.9 Å². The lowest BCUT2D eigenvalue weighted by Crippen LogP contribution is -2.38. The summed E-state index contributed by atoms with van der Waals surface area (Å²) in [7, 11) is 0. The van der Waals surface area contributed by atoms with Gasteiger partial charge >= 0.3 is 0 Å². The van der Waals surface area contributed by atoms with Crippen molar-refractivity contribution >= 4 is 28.4 Å². The summed E-state index contributed by atoms with van der Waals surface area (Å²) < 4.78 is 0. The number of thioether (sulfide) groups is 1. The molecule has 0 fully saturated rings. The molecule has 1 aromatic carbocycles. The van der Waals surface area contributed by atoms with Crippen LogP contribution in [0.5, 0.6) is 0 Å². The minimum Gasteiger partial charge on any atom is -0.341 e. The number of nitrogens with zero attached hydrogens (tertiary/aromatic N) is 3. The van der Waals surface area contributed by atoms with Gasteiger partial charge < -0.3 is 4.90 Å². The normalized spacial score (nSPS) is 11.4. The molecule has 124 valence electrons. The molecule has 0 atom stereocenters. The van der Waals surface area contributed by atoms with Crippen molar-refractivity contribution in [3.05, 3.63) is 30.5 Å².